The molecule has 0 aliphatic heterocycles. The molecule has 1 aromatic heterocycles. The zero-order valence-electron chi connectivity index (χ0n) is 15.1. The molecule has 0 spiro atoms. The van der Waals surface area contributed by atoms with E-state index in [1.807, 2.05) is 19.1 Å². The first-order chi connectivity index (χ1) is 13.5. The van der Waals surface area contributed by atoms with E-state index >= 15 is 0 Å². The third-order valence-electron chi connectivity index (χ3n) is 4.35. The number of nitrogens with zero attached hydrogens (tertiary/aromatic N) is 1. The molecule has 28 heavy (non-hydrogen) atoms. The molecule has 3 aromatic rings. The molecule has 0 atom stereocenters. The number of hydrogen-bond donors (Lipinski definition) is 1. The third kappa shape index (κ3) is 4.39. The van der Waals surface area contributed by atoms with Gasteiger partial charge in [-0.05, 0) is 62.1 Å². The van der Waals surface area contributed by atoms with E-state index in [4.69, 9.17) is 4.74 Å². The van der Waals surface area contributed by atoms with Crippen molar-refractivity contribution in [2.45, 2.75) is 26.4 Å². The first kappa shape index (κ1) is 18.6. The van der Waals surface area contributed by atoms with Gasteiger partial charge in [0.1, 0.15) is 0 Å². The summed E-state index contributed by atoms with van der Waals surface area (Å²) in [7, 11) is 0. The molecular formula is C20H18F2N2O3S. The molecule has 1 saturated carbocycles. The summed E-state index contributed by atoms with van der Waals surface area (Å²) in [6, 6.07) is 9.68. The topological polar surface area (TPSA) is 60.5 Å². The highest BCUT2D eigenvalue weighted by molar-refractivity contribution is 7.18. The highest BCUT2D eigenvalue weighted by atomic mass is 32.1. The number of halogens is 2. The van der Waals surface area contributed by atoms with Gasteiger partial charge < -0.3 is 14.8 Å². The number of carbonyl (C=O) groups is 1. The Kier molecular flexibility index (Phi) is 5.13. The number of anilines is 1. The van der Waals surface area contributed by atoms with Gasteiger partial charge in [-0.3, -0.25) is 4.79 Å². The average molecular weight is 404 g/mol. The average Bonchev–Trinajstić information content (AvgIpc) is 3.40. The predicted octanol–water partition coefficient (Wildman–Crippen LogP) is 5.25. The van der Waals surface area contributed by atoms with Gasteiger partial charge in [0.25, 0.3) is 5.91 Å². The first-order valence-electron chi connectivity index (χ1n) is 8.88. The highest BCUT2D eigenvalue weighted by Crippen LogP contribution is 2.34. The molecule has 1 heterocycles. The number of hydrogen-bond acceptors (Lipinski definition) is 5. The molecule has 0 saturated heterocycles. The monoisotopic (exact) mass is 404 g/mol. The van der Waals surface area contributed by atoms with Crippen LogP contribution in [0.15, 0.2) is 36.4 Å². The fraction of sp³-hybridized carbons (Fsp3) is 0.300. The van der Waals surface area contributed by atoms with Crippen molar-refractivity contribution in [2.24, 2.45) is 5.92 Å². The van der Waals surface area contributed by atoms with E-state index in [1.165, 1.54) is 18.2 Å². The normalized spacial score (nSPS) is 13.7. The second kappa shape index (κ2) is 7.71. The Morgan fingerprint density at radius 1 is 1.25 bits per heavy atom. The van der Waals surface area contributed by atoms with Crippen molar-refractivity contribution < 1.29 is 23.0 Å². The molecule has 0 radical (unpaired) electrons. The lowest BCUT2D eigenvalue weighted by Crippen LogP contribution is -2.13. The van der Waals surface area contributed by atoms with Gasteiger partial charge >= 0.3 is 6.61 Å². The number of fused-ring (bicyclic) bond motifs is 1. The summed E-state index contributed by atoms with van der Waals surface area (Å²) < 4.78 is 36.4. The van der Waals surface area contributed by atoms with Gasteiger partial charge in [0.15, 0.2) is 11.5 Å². The Bertz CT molecular complexity index is 1020. The smallest absolute Gasteiger partial charge is 0.387 e. The SMILES string of the molecule is Cc1nc2ccc(NC(=O)c3ccc(OC(F)F)c(OCC4CC4)c3)cc2s1. The van der Waals surface area contributed by atoms with Crippen molar-refractivity contribution in [3.8, 4) is 11.5 Å². The fourth-order valence-corrected chi connectivity index (χ4v) is 3.63. The standard InChI is InChI=1S/C20H18F2N2O3S/c1-11-23-15-6-5-14(9-18(15)28-11)24-19(25)13-4-7-16(27-20(21)22)17(8-13)26-10-12-2-3-12/h4-9,12,20H,2-3,10H2,1H3,(H,24,25). The summed E-state index contributed by atoms with van der Waals surface area (Å²) in [5.41, 5.74) is 1.81. The Morgan fingerprint density at radius 3 is 2.82 bits per heavy atom. The van der Waals surface area contributed by atoms with E-state index in [1.54, 1.807) is 17.4 Å². The van der Waals surface area contributed by atoms with E-state index in [2.05, 4.69) is 15.0 Å². The van der Waals surface area contributed by atoms with Gasteiger partial charge in [0.05, 0.1) is 21.8 Å². The number of thiazole rings is 1. The first-order valence-corrected chi connectivity index (χ1v) is 9.70. The Labute approximate surface area is 164 Å². The minimum absolute atomic E-state index is 0.0752. The number of carbonyl (C=O) groups excluding carboxylic acids is 1. The summed E-state index contributed by atoms with van der Waals surface area (Å²) in [4.78, 5) is 17.0. The lowest BCUT2D eigenvalue weighted by molar-refractivity contribution is -0.0515. The maximum Gasteiger partial charge on any atom is 0.387 e. The van der Waals surface area contributed by atoms with E-state index in [-0.39, 0.29) is 17.4 Å². The van der Waals surface area contributed by atoms with Gasteiger partial charge in [-0.1, -0.05) is 0 Å². The van der Waals surface area contributed by atoms with Crippen LogP contribution < -0.4 is 14.8 Å². The lowest BCUT2D eigenvalue weighted by atomic mass is 10.1. The number of aryl methyl sites for hydroxylation is 1. The van der Waals surface area contributed by atoms with Gasteiger partial charge in [0.2, 0.25) is 0 Å². The quantitative estimate of drug-likeness (QED) is 0.584. The summed E-state index contributed by atoms with van der Waals surface area (Å²) in [5.74, 6) is 0.147. The number of benzene rings is 2. The van der Waals surface area contributed by atoms with Crippen molar-refractivity contribution >= 4 is 33.1 Å². The zero-order chi connectivity index (χ0) is 19.7. The third-order valence-corrected chi connectivity index (χ3v) is 5.28. The largest absolute Gasteiger partial charge is 0.489 e. The van der Waals surface area contributed by atoms with Crippen molar-refractivity contribution in [2.75, 3.05) is 11.9 Å². The van der Waals surface area contributed by atoms with Crippen molar-refractivity contribution in [1.29, 1.82) is 0 Å². The van der Waals surface area contributed by atoms with Crippen molar-refractivity contribution in [1.82, 2.24) is 4.98 Å². The van der Waals surface area contributed by atoms with E-state index < -0.39 is 6.61 Å². The molecule has 1 N–H and O–H groups in total. The van der Waals surface area contributed by atoms with Gasteiger partial charge in [-0.2, -0.15) is 8.78 Å². The van der Waals surface area contributed by atoms with Crippen LogP contribution in [-0.4, -0.2) is 24.1 Å². The van der Waals surface area contributed by atoms with Gasteiger partial charge in [0, 0.05) is 11.3 Å². The minimum atomic E-state index is -2.96. The number of aromatic nitrogens is 1. The molecule has 1 amide bonds. The zero-order valence-corrected chi connectivity index (χ0v) is 15.9. The number of alkyl halides is 2. The Morgan fingerprint density at radius 2 is 2.07 bits per heavy atom. The van der Waals surface area contributed by atoms with Gasteiger partial charge in [-0.25, -0.2) is 4.98 Å². The molecule has 1 fully saturated rings. The molecular weight excluding hydrogens is 386 g/mol. The van der Waals surface area contributed by atoms with Crippen LogP contribution in [0.1, 0.15) is 28.2 Å². The van der Waals surface area contributed by atoms with Crippen molar-refractivity contribution in [3.63, 3.8) is 0 Å². The minimum Gasteiger partial charge on any atom is -0.489 e. The molecule has 1 aliphatic carbocycles. The number of rotatable bonds is 7. The van der Waals surface area contributed by atoms with Gasteiger partial charge in [-0.15, -0.1) is 11.3 Å². The van der Waals surface area contributed by atoms with Crippen LogP contribution in [0.25, 0.3) is 10.2 Å². The summed E-state index contributed by atoms with van der Waals surface area (Å²) >= 11 is 1.54. The maximum atomic E-state index is 12.6. The Hall–Kier alpha value is -2.74. The molecule has 146 valence electrons. The summed E-state index contributed by atoms with van der Waals surface area (Å²) in [5, 5.41) is 3.77. The van der Waals surface area contributed by atoms with E-state index in [0.717, 1.165) is 28.1 Å². The van der Waals surface area contributed by atoms with Crippen LogP contribution in [0, 0.1) is 12.8 Å². The van der Waals surface area contributed by atoms with Crippen LogP contribution in [-0.2, 0) is 0 Å². The van der Waals surface area contributed by atoms with E-state index in [9.17, 15) is 13.6 Å². The van der Waals surface area contributed by atoms with E-state index in [0.29, 0.717) is 23.8 Å². The molecule has 2 aromatic carbocycles. The molecule has 0 bridgehead atoms. The number of amides is 1. The highest BCUT2D eigenvalue weighted by Gasteiger charge is 2.23. The van der Waals surface area contributed by atoms with Crippen molar-refractivity contribution in [3.05, 3.63) is 47.0 Å². The van der Waals surface area contributed by atoms with Crippen LogP contribution >= 0.6 is 11.3 Å². The predicted molar refractivity (Wildman–Crippen MR) is 104 cm³/mol. The van der Waals surface area contributed by atoms with Crippen LogP contribution in [0.2, 0.25) is 0 Å². The molecule has 5 nitrogen and oxygen atoms in total. The van der Waals surface area contributed by atoms with Crippen LogP contribution in [0.5, 0.6) is 11.5 Å². The lowest BCUT2D eigenvalue weighted by Gasteiger charge is -2.13. The fourth-order valence-electron chi connectivity index (χ4n) is 2.77. The number of nitrogens with one attached hydrogen (secondary N) is 1. The second-order valence-electron chi connectivity index (χ2n) is 6.66. The molecule has 8 heteroatoms. The second-order valence-corrected chi connectivity index (χ2v) is 7.90. The number of ether oxygens (including phenoxy) is 2. The maximum absolute atomic E-state index is 12.6. The Balaban J connectivity index is 1.53. The molecule has 1 aliphatic rings. The van der Waals surface area contributed by atoms with Crippen LogP contribution in [0.4, 0.5) is 14.5 Å². The van der Waals surface area contributed by atoms with Crippen LogP contribution in [0.3, 0.4) is 0 Å². The molecule has 0 unspecified atom stereocenters. The summed E-state index contributed by atoms with van der Waals surface area (Å²) in [6.07, 6.45) is 2.12. The molecule has 4 rings (SSSR count). The summed E-state index contributed by atoms with van der Waals surface area (Å²) in [6.45, 7) is -0.612.